The first kappa shape index (κ1) is 13.0. The Morgan fingerprint density at radius 2 is 2.12 bits per heavy atom. The monoisotopic (exact) mass is 240 g/mol. The summed E-state index contributed by atoms with van der Waals surface area (Å²) in [6.45, 7) is 3.74. The van der Waals surface area contributed by atoms with E-state index in [2.05, 4.69) is 15.7 Å². The highest BCUT2D eigenvalue weighted by Crippen LogP contribution is 1.91. The average Bonchev–Trinajstić information content (AvgIpc) is 2.69. The summed E-state index contributed by atoms with van der Waals surface area (Å²) in [7, 11) is 0. The highest BCUT2D eigenvalue weighted by atomic mass is 16.4. The molecule has 7 heteroatoms. The zero-order valence-corrected chi connectivity index (χ0v) is 9.75. The SMILES string of the molecule is CC(Cn1cccn1)NC(=O)N[C@@H](C)C(=O)O. The molecule has 0 bridgehead atoms. The van der Waals surface area contributed by atoms with Crippen LogP contribution in [0.25, 0.3) is 0 Å². The molecule has 94 valence electrons. The molecule has 0 aliphatic heterocycles. The van der Waals surface area contributed by atoms with Gasteiger partial charge in [0, 0.05) is 18.4 Å². The van der Waals surface area contributed by atoms with Crippen molar-refractivity contribution in [2.75, 3.05) is 0 Å². The molecule has 0 saturated heterocycles. The maximum absolute atomic E-state index is 11.4. The Kier molecular flexibility index (Phi) is 4.50. The topological polar surface area (TPSA) is 96.3 Å². The van der Waals surface area contributed by atoms with Crippen LogP contribution in [0.4, 0.5) is 4.79 Å². The Labute approximate surface area is 98.8 Å². The van der Waals surface area contributed by atoms with Gasteiger partial charge in [0.1, 0.15) is 6.04 Å². The van der Waals surface area contributed by atoms with Crippen molar-refractivity contribution in [3.63, 3.8) is 0 Å². The van der Waals surface area contributed by atoms with Gasteiger partial charge in [-0.1, -0.05) is 0 Å². The minimum absolute atomic E-state index is 0.143. The Morgan fingerprint density at radius 3 is 2.65 bits per heavy atom. The highest BCUT2D eigenvalue weighted by Gasteiger charge is 2.15. The van der Waals surface area contributed by atoms with E-state index < -0.39 is 18.0 Å². The van der Waals surface area contributed by atoms with Gasteiger partial charge in [0.2, 0.25) is 0 Å². The number of hydrogen-bond acceptors (Lipinski definition) is 3. The summed E-state index contributed by atoms with van der Waals surface area (Å²) in [4.78, 5) is 21.9. The molecule has 2 amide bonds. The Morgan fingerprint density at radius 1 is 1.41 bits per heavy atom. The largest absolute Gasteiger partial charge is 0.480 e. The number of nitrogens with zero attached hydrogens (tertiary/aromatic N) is 2. The average molecular weight is 240 g/mol. The molecule has 0 radical (unpaired) electrons. The van der Waals surface area contributed by atoms with Crippen LogP contribution in [0.1, 0.15) is 13.8 Å². The predicted octanol–water partition coefficient (Wildman–Crippen LogP) is 0.0439. The summed E-state index contributed by atoms with van der Waals surface area (Å²) in [5, 5.41) is 17.6. The van der Waals surface area contributed by atoms with Gasteiger partial charge in [-0.15, -0.1) is 0 Å². The van der Waals surface area contributed by atoms with Gasteiger partial charge in [0.15, 0.2) is 0 Å². The molecular weight excluding hydrogens is 224 g/mol. The normalized spacial score (nSPS) is 13.8. The van der Waals surface area contributed by atoms with Crippen molar-refractivity contribution in [3.8, 4) is 0 Å². The number of hydrogen-bond donors (Lipinski definition) is 3. The third-order valence-corrected chi connectivity index (χ3v) is 2.12. The van der Waals surface area contributed by atoms with Gasteiger partial charge in [0.25, 0.3) is 0 Å². The third kappa shape index (κ3) is 4.54. The van der Waals surface area contributed by atoms with Crippen LogP contribution in [0.15, 0.2) is 18.5 Å². The number of aliphatic carboxylic acids is 1. The zero-order valence-electron chi connectivity index (χ0n) is 9.75. The van der Waals surface area contributed by atoms with Crippen molar-refractivity contribution >= 4 is 12.0 Å². The fraction of sp³-hybridized carbons (Fsp3) is 0.500. The van der Waals surface area contributed by atoms with E-state index in [0.717, 1.165) is 0 Å². The summed E-state index contributed by atoms with van der Waals surface area (Å²) in [6.07, 6.45) is 3.44. The molecule has 3 N–H and O–H groups in total. The number of amides is 2. The second-order valence-corrected chi connectivity index (χ2v) is 3.81. The Hall–Kier alpha value is -2.05. The highest BCUT2D eigenvalue weighted by molar-refractivity contribution is 5.82. The van der Waals surface area contributed by atoms with Crippen LogP contribution in [0.5, 0.6) is 0 Å². The van der Waals surface area contributed by atoms with Crippen molar-refractivity contribution in [3.05, 3.63) is 18.5 Å². The lowest BCUT2D eigenvalue weighted by Gasteiger charge is -2.16. The van der Waals surface area contributed by atoms with Crippen molar-refractivity contribution < 1.29 is 14.7 Å². The van der Waals surface area contributed by atoms with Crippen LogP contribution in [-0.2, 0) is 11.3 Å². The minimum atomic E-state index is -1.07. The summed E-state index contributed by atoms with van der Waals surface area (Å²) < 4.78 is 1.69. The van der Waals surface area contributed by atoms with E-state index in [0.29, 0.717) is 6.54 Å². The van der Waals surface area contributed by atoms with E-state index in [9.17, 15) is 9.59 Å². The van der Waals surface area contributed by atoms with Gasteiger partial charge in [0.05, 0.1) is 6.54 Å². The maximum Gasteiger partial charge on any atom is 0.325 e. The van der Waals surface area contributed by atoms with Crippen LogP contribution >= 0.6 is 0 Å². The van der Waals surface area contributed by atoms with Gasteiger partial charge in [-0.2, -0.15) is 5.10 Å². The first-order valence-corrected chi connectivity index (χ1v) is 5.26. The fourth-order valence-corrected chi connectivity index (χ4v) is 1.26. The van der Waals surface area contributed by atoms with Crippen molar-refractivity contribution in [1.29, 1.82) is 0 Å². The number of aromatic nitrogens is 2. The first-order valence-electron chi connectivity index (χ1n) is 5.26. The standard InChI is InChI=1S/C10H16N4O3/c1-7(6-14-5-3-4-11-14)12-10(17)13-8(2)9(15)16/h3-5,7-8H,6H2,1-2H3,(H,15,16)(H2,12,13,17)/t7?,8-/m0/s1. The van der Waals surface area contributed by atoms with E-state index in [1.807, 2.05) is 6.92 Å². The van der Waals surface area contributed by atoms with Crippen LogP contribution in [-0.4, -0.2) is 39.0 Å². The fourth-order valence-electron chi connectivity index (χ4n) is 1.26. The molecule has 0 aromatic carbocycles. The van der Waals surface area contributed by atoms with Crippen LogP contribution in [0, 0.1) is 0 Å². The molecular formula is C10H16N4O3. The van der Waals surface area contributed by atoms with Crippen molar-refractivity contribution in [1.82, 2.24) is 20.4 Å². The molecule has 7 nitrogen and oxygen atoms in total. The number of nitrogens with one attached hydrogen (secondary N) is 2. The zero-order chi connectivity index (χ0) is 12.8. The Balaban J connectivity index is 2.33. The van der Waals surface area contributed by atoms with Gasteiger partial charge in [-0.05, 0) is 19.9 Å². The van der Waals surface area contributed by atoms with Crippen LogP contribution < -0.4 is 10.6 Å². The number of carboxylic acid groups (broad SMARTS) is 1. The van der Waals surface area contributed by atoms with E-state index >= 15 is 0 Å². The lowest BCUT2D eigenvalue weighted by Crippen LogP contribution is -2.48. The summed E-state index contributed by atoms with van der Waals surface area (Å²) in [5.41, 5.74) is 0. The van der Waals surface area contributed by atoms with Crippen LogP contribution in [0.2, 0.25) is 0 Å². The third-order valence-electron chi connectivity index (χ3n) is 2.12. The molecule has 1 rings (SSSR count). The van der Waals surface area contributed by atoms with E-state index in [-0.39, 0.29) is 6.04 Å². The molecule has 0 fully saturated rings. The van der Waals surface area contributed by atoms with Crippen LogP contribution in [0.3, 0.4) is 0 Å². The number of carbonyl (C=O) groups excluding carboxylic acids is 1. The molecule has 0 saturated carbocycles. The smallest absolute Gasteiger partial charge is 0.325 e. The summed E-state index contributed by atoms with van der Waals surface area (Å²) in [5.74, 6) is -1.07. The number of carbonyl (C=O) groups is 2. The van der Waals surface area contributed by atoms with Gasteiger partial charge in [-0.3, -0.25) is 9.48 Å². The summed E-state index contributed by atoms with van der Waals surface area (Å²) >= 11 is 0. The molecule has 17 heavy (non-hydrogen) atoms. The van der Waals surface area contributed by atoms with E-state index in [1.165, 1.54) is 6.92 Å². The number of rotatable bonds is 5. The quantitative estimate of drug-likeness (QED) is 0.677. The first-order chi connectivity index (χ1) is 7.99. The Bertz CT molecular complexity index is 377. The van der Waals surface area contributed by atoms with Gasteiger partial charge in [-0.25, -0.2) is 4.79 Å². The molecule has 1 unspecified atom stereocenters. The molecule has 0 aliphatic carbocycles. The molecule has 1 aromatic heterocycles. The van der Waals surface area contributed by atoms with Crippen molar-refractivity contribution in [2.45, 2.75) is 32.5 Å². The summed E-state index contributed by atoms with van der Waals surface area (Å²) in [6, 6.07) is 0.238. The number of carboxylic acids is 1. The van der Waals surface area contributed by atoms with Crippen molar-refractivity contribution in [2.24, 2.45) is 0 Å². The molecule has 0 aliphatic rings. The van der Waals surface area contributed by atoms with E-state index in [4.69, 9.17) is 5.11 Å². The number of urea groups is 1. The van der Waals surface area contributed by atoms with E-state index in [1.54, 1.807) is 23.1 Å². The maximum atomic E-state index is 11.4. The molecule has 1 aromatic rings. The lowest BCUT2D eigenvalue weighted by molar-refractivity contribution is -0.138. The second-order valence-electron chi connectivity index (χ2n) is 3.81. The van der Waals surface area contributed by atoms with Gasteiger partial charge >= 0.3 is 12.0 Å². The predicted molar refractivity (Wildman–Crippen MR) is 60.5 cm³/mol. The molecule has 1 heterocycles. The lowest BCUT2D eigenvalue weighted by atomic mass is 10.3. The molecule has 2 atom stereocenters. The van der Waals surface area contributed by atoms with Gasteiger partial charge < -0.3 is 15.7 Å². The second kappa shape index (κ2) is 5.88. The minimum Gasteiger partial charge on any atom is -0.480 e. The molecule has 0 spiro atoms.